The first-order chi connectivity index (χ1) is 15.4. The van der Waals surface area contributed by atoms with Crippen LogP contribution in [0.15, 0.2) is 18.5 Å². The molecule has 0 spiro atoms. The van der Waals surface area contributed by atoms with Gasteiger partial charge in [0, 0.05) is 37.0 Å². The van der Waals surface area contributed by atoms with E-state index >= 15 is 0 Å². The molecule has 0 saturated carbocycles. The van der Waals surface area contributed by atoms with Crippen molar-refractivity contribution in [3.63, 3.8) is 0 Å². The van der Waals surface area contributed by atoms with Crippen molar-refractivity contribution in [3.8, 4) is 5.88 Å². The normalized spacial score (nSPS) is 18.2. The Morgan fingerprint density at radius 1 is 1.31 bits per heavy atom. The second kappa shape index (κ2) is 10.9. The van der Waals surface area contributed by atoms with Crippen molar-refractivity contribution in [3.05, 3.63) is 46.9 Å². The number of aromatic nitrogens is 3. The molecule has 1 atom stereocenters. The maximum atomic E-state index is 13.2. The van der Waals surface area contributed by atoms with Crippen molar-refractivity contribution in [2.45, 2.75) is 39.2 Å². The van der Waals surface area contributed by atoms with Crippen molar-refractivity contribution >= 4 is 12.4 Å². The van der Waals surface area contributed by atoms with Crippen LogP contribution in [0.5, 0.6) is 5.88 Å². The molecule has 2 aromatic rings. The Kier molecular flexibility index (Phi) is 8.04. The van der Waals surface area contributed by atoms with Crippen LogP contribution < -0.4 is 10.1 Å². The van der Waals surface area contributed by atoms with E-state index in [1.165, 1.54) is 12.3 Å². The largest absolute Gasteiger partial charge is 0.483 e. The third-order valence-corrected chi connectivity index (χ3v) is 5.69. The molecule has 10 heteroatoms. The van der Waals surface area contributed by atoms with Gasteiger partial charge in [0.05, 0.1) is 11.8 Å². The quantitative estimate of drug-likeness (QED) is 0.669. The van der Waals surface area contributed by atoms with Gasteiger partial charge >= 0.3 is 0 Å². The predicted molar refractivity (Wildman–Crippen MR) is 114 cm³/mol. The van der Waals surface area contributed by atoms with E-state index < -0.39 is 5.82 Å². The lowest BCUT2D eigenvalue weighted by atomic mass is 9.96. The number of rotatable bonds is 5. The fourth-order valence-electron chi connectivity index (χ4n) is 4.10. The van der Waals surface area contributed by atoms with Crippen LogP contribution in [0.1, 0.15) is 40.3 Å². The van der Waals surface area contributed by atoms with Crippen LogP contribution in [0.25, 0.3) is 0 Å². The summed E-state index contributed by atoms with van der Waals surface area (Å²) in [6.45, 7) is 7.08. The number of ether oxygens (including phenoxy) is 1. The first-order valence-electron chi connectivity index (χ1n) is 10.6. The van der Waals surface area contributed by atoms with Crippen molar-refractivity contribution < 1.29 is 23.8 Å². The van der Waals surface area contributed by atoms with E-state index in [0.717, 1.165) is 68.1 Å². The molecule has 32 heavy (non-hydrogen) atoms. The number of fused-ring (bicyclic) bond motifs is 1. The molecule has 172 valence electrons. The molecule has 0 aliphatic carbocycles. The van der Waals surface area contributed by atoms with Crippen LogP contribution in [0.3, 0.4) is 0 Å². The average molecular weight is 445 g/mol. The van der Waals surface area contributed by atoms with Gasteiger partial charge in [0.25, 0.3) is 12.4 Å². The highest BCUT2D eigenvalue weighted by Crippen LogP contribution is 2.29. The Morgan fingerprint density at radius 3 is 2.72 bits per heavy atom. The van der Waals surface area contributed by atoms with E-state index in [-0.39, 0.29) is 24.0 Å². The van der Waals surface area contributed by atoms with Gasteiger partial charge in [-0.05, 0) is 51.8 Å². The van der Waals surface area contributed by atoms with Crippen molar-refractivity contribution in [1.29, 1.82) is 0 Å². The number of hydrogen-bond donors (Lipinski definition) is 2. The minimum absolute atomic E-state index is 0.122. The highest BCUT2D eigenvalue weighted by atomic mass is 19.1. The molecule has 4 rings (SSSR count). The average Bonchev–Trinajstić information content (AvgIpc) is 3.16. The van der Waals surface area contributed by atoms with Crippen molar-refractivity contribution in [1.82, 2.24) is 25.2 Å². The smallest absolute Gasteiger partial charge is 0.290 e. The van der Waals surface area contributed by atoms with Crippen LogP contribution >= 0.6 is 0 Å². The van der Waals surface area contributed by atoms with Gasteiger partial charge in [-0.1, -0.05) is 0 Å². The summed E-state index contributed by atoms with van der Waals surface area (Å²) in [5, 5.41) is 9.79. The fraction of sp³-hybridized carbons (Fsp3) is 0.500. The lowest BCUT2D eigenvalue weighted by Gasteiger charge is -2.33. The SMILES string of the molecule is Cc1nc(C)c2c(n1)OC(CN1CCC(CNC(=O)c3cncc(F)c3)CC1)C2.O=CO. The first-order valence-corrected chi connectivity index (χ1v) is 10.6. The lowest BCUT2D eigenvalue weighted by Crippen LogP contribution is -2.42. The Hall–Kier alpha value is -3.14. The van der Waals surface area contributed by atoms with Crippen molar-refractivity contribution in [2.75, 3.05) is 26.2 Å². The van der Waals surface area contributed by atoms with Crippen LogP contribution in [0, 0.1) is 25.6 Å². The van der Waals surface area contributed by atoms with Gasteiger partial charge in [0.1, 0.15) is 17.7 Å². The number of pyridine rings is 1. The number of nitrogens with one attached hydrogen (secondary N) is 1. The van der Waals surface area contributed by atoms with Gasteiger partial charge in [-0.25, -0.2) is 9.37 Å². The summed E-state index contributed by atoms with van der Waals surface area (Å²) in [4.78, 5) is 35.5. The maximum absolute atomic E-state index is 13.2. The third kappa shape index (κ3) is 6.19. The summed E-state index contributed by atoms with van der Waals surface area (Å²) in [6, 6.07) is 1.21. The number of carbonyl (C=O) groups excluding carboxylic acids is 1. The highest BCUT2D eigenvalue weighted by molar-refractivity contribution is 5.93. The van der Waals surface area contributed by atoms with E-state index in [1.54, 1.807) is 0 Å². The van der Waals surface area contributed by atoms with E-state index in [0.29, 0.717) is 12.5 Å². The molecule has 1 saturated heterocycles. The Morgan fingerprint density at radius 2 is 2.03 bits per heavy atom. The number of hydrogen-bond acceptors (Lipinski definition) is 7. The van der Waals surface area contributed by atoms with Gasteiger partial charge in [0.2, 0.25) is 5.88 Å². The second-order valence-corrected chi connectivity index (χ2v) is 8.04. The molecule has 2 aromatic heterocycles. The highest BCUT2D eigenvalue weighted by Gasteiger charge is 2.30. The molecule has 0 radical (unpaired) electrons. The molecule has 4 heterocycles. The Bertz CT molecular complexity index is 950. The predicted octanol–water partition coefficient (Wildman–Crippen LogP) is 1.77. The fourth-order valence-corrected chi connectivity index (χ4v) is 4.10. The van der Waals surface area contributed by atoms with Crippen LogP contribution in [-0.2, 0) is 11.2 Å². The molecule has 2 aliphatic rings. The zero-order valence-corrected chi connectivity index (χ0v) is 18.3. The number of amides is 1. The number of carboxylic acid groups (broad SMARTS) is 1. The third-order valence-electron chi connectivity index (χ3n) is 5.69. The maximum Gasteiger partial charge on any atom is 0.290 e. The summed E-state index contributed by atoms with van der Waals surface area (Å²) >= 11 is 0. The molecule has 2 aliphatic heterocycles. The molecule has 2 N–H and O–H groups in total. The van der Waals surface area contributed by atoms with Gasteiger partial charge in [0.15, 0.2) is 0 Å². The van der Waals surface area contributed by atoms with Gasteiger partial charge in [-0.15, -0.1) is 0 Å². The molecular formula is C22H28FN5O4. The van der Waals surface area contributed by atoms with E-state index in [9.17, 15) is 9.18 Å². The van der Waals surface area contributed by atoms with Gasteiger partial charge < -0.3 is 15.2 Å². The Balaban J connectivity index is 0.000000913. The molecule has 1 unspecified atom stereocenters. The summed E-state index contributed by atoms with van der Waals surface area (Å²) in [6.07, 6.45) is 5.48. The van der Waals surface area contributed by atoms with Gasteiger partial charge in [-0.3, -0.25) is 19.5 Å². The molecule has 0 aromatic carbocycles. The molecular weight excluding hydrogens is 417 g/mol. The number of aryl methyl sites for hydroxylation is 2. The van der Waals surface area contributed by atoms with Crippen LogP contribution in [0.4, 0.5) is 4.39 Å². The molecule has 0 bridgehead atoms. The van der Waals surface area contributed by atoms with Gasteiger partial charge in [-0.2, -0.15) is 4.98 Å². The minimum atomic E-state index is -0.501. The van der Waals surface area contributed by atoms with E-state index in [4.69, 9.17) is 14.6 Å². The first kappa shape index (κ1) is 23.5. The number of halogens is 1. The monoisotopic (exact) mass is 445 g/mol. The number of nitrogens with zero attached hydrogens (tertiary/aromatic N) is 4. The number of likely N-dealkylation sites (tertiary alicyclic amines) is 1. The molecule has 1 amide bonds. The minimum Gasteiger partial charge on any atom is -0.483 e. The number of piperidine rings is 1. The summed E-state index contributed by atoms with van der Waals surface area (Å²) in [5.74, 6) is 1.14. The summed E-state index contributed by atoms with van der Waals surface area (Å²) in [7, 11) is 0. The molecule has 9 nitrogen and oxygen atoms in total. The number of carbonyl (C=O) groups is 2. The molecule has 1 fully saturated rings. The van der Waals surface area contributed by atoms with E-state index in [1.807, 2.05) is 13.8 Å². The van der Waals surface area contributed by atoms with Crippen LogP contribution in [0.2, 0.25) is 0 Å². The standard InChI is InChI=1S/C21H26FN5O2.CH2O2/c1-13-19-8-18(29-21(19)26-14(2)25-13)12-27-5-3-15(4-6-27)9-24-20(28)16-7-17(22)11-23-10-16;2-1-3/h7,10-11,15,18H,3-6,8-9,12H2,1-2H3,(H,24,28);1H,(H,2,3). The van der Waals surface area contributed by atoms with E-state index in [2.05, 4.69) is 25.2 Å². The summed E-state index contributed by atoms with van der Waals surface area (Å²) < 4.78 is 19.2. The van der Waals surface area contributed by atoms with Crippen LogP contribution in [-0.4, -0.2) is 69.6 Å². The summed E-state index contributed by atoms with van der Waals surface area (Å²) in [5.41, 5.74) is 2.40. The van der Waals surface area contributed by atoms with Crippen molar-refractivity contribution in [2.24, 2.45) is 5.92 Å². The lowest BCUT2D eigenvalue weighted by molar-refractivity contribution is -0.122. The zero-order chi connectivity index (χ0) is 23.1. The topological polar surface area (TPSA) is 118 Å². The Labute approximate surface area is 186 Å². The second-order valence-electron chi connectivity index (χ2n) is 8.04. The zero-order valence-electron chi connectivity index (χ0n) is 18.3.